The number of carbonyl (C=O) groups is 1. The van der Waals surface area contributed by atoms with E-state index in [-0.39, 0.29) is 21.6 Å². The van der Waals surface area contributed by atoms with Gasteiger partial charge in [0.1, 0.15) is 5.75 Å². The van der Waals surface area contributed by atoms with E-state index >= 15 is 0 Å². The lowest BCUT2D eigenvalue weighted by Crippen LogP contribution is -2.22. The third-order valence-corrected chi connectivity index (χ3v) is 7.38. The molecule has 0 radical (unpaired) electrons. The van der Waals surface area contributed by atoms with Gasteiger partial charge in [-0.3, -0.25) is 0 Å². The molecule has 2 aromatic carbocycles. The number of cyclic esters (lactones) is 1. The summed E-state index contributed by atoms with van der Waals surface area (Å²) in [6.45, 7) is 0. The first-order valence-electron chi connectivity index (χ1n) is 9.19. The van der Waals surface area contributed by atoms with Crippen molar-refractivity contribution in [2.24, 2.45) is 4.99 Å². The molecule has 0 saturated carbocycles. The number of esters is 1. The minimum absolute atomic E-state index is 0.00143. The maximum atomic E-state index is 12.4. The summed E-state index contributed by atoms with van der Waals surface area (Å²) in [4.78, 5) is 21.2. The number of hydrogen-bond donors (Lipinski definition) is 0. The monoisotopic (exact) mass is 489 g/mol. The fraction of sp³-hybridized carbons (Fsp3) is 0.0952. The number of hydrogen-bond acceptors (Lipinski definition) is 8. The molecule has 0 spiro atoms. The zero-order chi connectivity index (χ0) is 22.9. The Hall–Kier alpha value is -3.05. The lowest BCUT2D eigenvalue weighted by molar-refractivity contribution is -0.129. The lowest BCUT2D eigenvalue weighted by atomic mass is 10.2. The minimum Gasteiger partial charge on any atom is -0.431 e. The largest absolute Gasteiger partial charge is 0.431 e. The number of para-hydroxylation sites is 1. The number of sulfonamides is 1. The average molecular weight is 490 g/mol. The van der Waals surface area contributed by atoms with Crippen LogP contribution in [0.1, 0.15) is 10.4 Å². The van der Waals surface area contributed by atoms with Gasteiger partial charge in [-0.15, -0.1) is 0 Å². The Labute approximate surface area is 193 Å². The molecule has 4 rings (SSSR count). The van der Waals surface area contributed by atoms with Gasteiger partial charge in [0.2, 0.25) is 15.9 Å². The van der Waals surface area contributed by atoms with E-state index in [2.05, 4.69) is 9.98 Å². The van der Waals surface area contributed by atoms with Gasteiger partial charge in [-0.25, -0.2) is 22.5 Å². The van der Waals surface area contributed by atoms with E-state index in [4.69, 9.17) is 21.1 Å². The van der Waals surface area contributed by atoms with Gasteiger partial charge >= 0.3 is 5.97 Å². The van der Waals surface area contributed by atoms with Crippen LogP contribution in [-0.2, 0) is 19.6 Å². The number of aromatic nitrogens is 1. The summed E-state index contributed by atoms with van der Waals surface area (Å²) in [6.07, 6.45) is 1.45. The van der Waals surface area contributed by atoms with E-state index in [9.17, 15) is 13.2 Å². The number of benzene rings is 2. The molecule has 0 amide bonds. The van der Waals surface area contributed by atoms with E-state index in [1.54, 1.807) is 24.3 Å². The second-order valence-corrected chi connectivity index (χ2v) is 10.2. The maximum absolute atomic E-state index is 12.4. The molecule has 0 unspecified atom stereocenters. The summed E-state index contributed by atoms with van der Waals surface area (Å²) in [5.74, 6) is -0.0837. The molecule has 0 N–H and O–H groups in total. The van der Waals surface area contributed by atoms with Gasteiger partial charge in [-0.1, -0.05) is 47.2 Å². The summed E-state index contributed by atoms with van der Waals surface area (Å²) >= 11 is 7.34. The molecule has 1 aliphatic rings. The van der Waals surface area contributed by atoms with Gasteiger partial charge in [-0.05, 0) is 36.4 Å². The van der Waals surface area contributed by atoms with Crippen LogP contribution in [0.5, 0.6) is 10.9 Å². The number of nitrogens with zero attached hydrogens (tertiary/aromatic N) is 3. The predicted molar refractivity (Wildman–Crippen MR) is 122 cm³/mol. The van der Waals surface area contributed by atoms with E-state index in [0.29, 0.717) is 21.4 Å². The Kier molecular flexibility index (Phi) is 6.11. The van der Waals surface area contributed by atoms with E-state index in [0.717, 1.165) is 15.6 Å². The van der Waals surface area contributed by atoms with Crippen molar-refractivity contribution < 1.29 is 22.7 Å². The Morgan fingerprint density at radius 2 is 1.88 bits per heavy atom. The molecule has 8 nitrogen and oxygen atoms in total. The van der Waals surface area contributed by atoms with Crippen molar-refractivity contribution in [1.82, 2.24) is 9.29 Å². The Bertz CT molecular complexity index is 1350. The van der Waals surface area contributed by atoms with E-state index in [1.165, 1.54) is 32.3 Å². The molecule has 2 heterocycles. The standard InChI is InChI=1S/C21H16ClN3O5S2/c1-25(2)32(27,28)15-10-6-7-13(11-15)19-23-16(20(26)30-19)12-17-18(22)24-21(31-17)29-14-8-4-3-5-9-14/h3-12H,1-2H3/b16-12+. The number of ether oxygens (including phenoxy) is 2. The maximum Gasteiger partial charge on any atom is 0.363 e. The van der Waals surface area contributed by atoms with Crippen molar-refractivity contribution in [2.75, 3.05) is 14.1 Å². The van der Waals surface area contributed by atoms with Crippen LogP contribution in [0, 0.1) is 0 Å². The molecular formula is C21H16ClN3O5S2. The van der Waals surface area contributed by atoms with Crippen LogP contribution in [0.4, 0.5) is 0 Å². The second-order valence-electron chi connectivity index (χ2n) is 6.70. The first-order valence-corrected chi connectivity index (χ1v) is 11.8. The number of carbonyl (C=O) groups excluding carboxylic acids is 1. The highest BCUT2D eigenvalue weighted by Crippen LogP contribution is 2.34. The summed E-state index contributed by atoms with van der Waals surface area (Å²) in [7, 11) is -0.778. The fourth-order valence-electron chi connectivity index (χ4n) is 2.67. The van der Waals surface area contributed by atoms with Gasteiger partial charge in [-0.2, -0.15) is 4.98 Å². The van der Waals surface area contributed by atoms with Crippen LogP contribution in [0.2, 0.25) is 5.15 Å². The van der Waals surface area contributed by atoms with Gasteiger partial charge in [0, 0.05) is 19.7 Å². The van der Waals surface area contributed by atoms with Crippen LogP contribution < -0.4 is 4.74 Å². The van der Waals surface area contributed by atoms with Crippen molar-refractivity contribution in [3.05, 3.63) is 75.9 Å². The van der Waals surface area contributed by atoms with Crippen molar-refractivity contribution in [3.63, 3.8) is 0 Å². The highest BCUT2D eigenvalue weighted by atomic mass is 35.5. The first-order chi connectivity index (χ1) is 15.2. The third kappa shape index (κ3) is 4.58. The predicted octanol–water partition coefficient (Wildman–Crippen LogP) is 4.18. The van der Waals surface area contributed by atoms with Gasteiger partial charge in [0.15, 0.2) is 10.9 Å². The summed E-state index contributed by atoms with van der Waals surface area (Å²) < 4.78 is 36.8. The molecule has 11 heteroatoms. The van der Waals surface area contributed by atoms with Crippen LogP contribution in [0.25, 0.3) is 6.08 Å². The quantitative estimate of drug-likeness (QED) is 0.380. The first kappa shape index (κ1) is 22.2. The SMILES string of the molecule is CN(C)S(=O)(=O)c1cccc(C2=N/C(=C/c3sc(Oc4ccccc4)nc3Cl)C(=O)O2)c1. The van der Waals surface area contributed by atoms with Gasteiger partial charge in [0.05, 0.1) is 9.77 Å². The topological polar surface area (TPSA) is 98.2 Å². The summed E-state index contributed by atoms with van der Waals surface area (Å²) in [6, 6.07) is 15.1. The Balaban J connectivity index is 1.62. The molecule has 164 valence electrons. The lowest BCUT2D eigenvalue weighted by Gasteiger charge is -2.11. The Morgan fingerprint density at radius 1 is 1.12 bits per heavy atom. The highest BCUT2D eigenvalue weighted by Gasteiger charge is 2.27. The normalized spacial score (nSPS) is 15.2. The third-order valence-electron chi connectivity index (χ3n) is 4.29. The molecule has 3 aromatic rings. The number of rotatable bonds is 6. The van der Waals surface area contributed by atoms with Crippen LogP contribution in [0.15, 0.2) is 70.2 Å². The van der Waals surface area contributed by atoms with Crippen LogP contribution in [0.3, 0.4) is 0 Å². The Morgan fingerprint density at radius 3 is 2.59 bits per heavy atom. The zero-order valence-corrected chi connectivity index (χ0v) is 19.2. The minimum atomic E-state index is -3.65. The summed E-state index contributed by atoms with van der Waals surface area (Å²) in [5, 5.41) is 0.467. The summed E-state index contributed by atoms with van der Waals surface area (Å²) in [5.41, 5.74) is 0.367. The molecular weight excluding hydrogens is 474 g/mol. The molecule has 0 saturated heterocycles. The smallest absolute Gasteiger partial charge is 0.363 e. The van der Waals surface area contributed by atoms with E-state index in [1.807, 2.05) is 18.2 Å². The number of thiazole rings is 1. The zero-order valence-electron chi connectivity index (χ0n) is 16.9. The molecule has 1 aliphatic heterocycles. The molecule has 32 heavy (non-hydrogen) atoms. The van der Waals surface area contributed by atoms with Crippen molar-refractivity contribution in [1.29, 1.82) is 0 Å². The molecule has 1 aromatic heterocycles. The molecule has 0 atom stereocenters. The van der Waals surface area contributed by atoms with Crippen LogP contribution in [-0.4, -0.2) is 43.7 Å². The second kappa shape index (κ2) is 8.83. The molecule has 0 aliphatic carbocycles. The van der Waals surface area contributed by atoms with Gasteiger partial charge < -0.3 is 9.47 Å². The molecule has 0 bridgehead atoms. The van der Waals surface area contributed by atoms with Crippen molar-refractivity contribution in [3.8, 4) is 10.9 Å². The average Bonchev–Trinajstić information content (AvgIpc) is 3.31. The van der Waals surface area contributed by atoms with Gasteiger partial charge in [0.25, 0.3) is 5.19 Å². The number of aliphatic imine (C=N–C) groups is 1. The number of halogens is 1. The van der Waals surface area contributed by atoms with Crippen LogP contribution >= 0.6 is 22.9 Å². The van der Waals surface area contributed by atoms with Crippen molar-refractivity contribution >= 4 is 50.9 Å². The van der Waals surface area contributed by atoms with E-state index < -0.39 is 16.0 Å². The highest BCUT2D eigenvalue weighted by molar-refractivity contribution is 7.89. The fourth-order valence-corrected chi connectivity index (χ4v) is 4.68. The molecule has 0 fully saturated rings. The van der Waals surface area contributed by atoms with Crippen molar-refractivity contribution in [2.45, 2.75) is 4.90 Å².